The molecule has 4 aromatic rings. The van der Waals surface area contributed by atoms with Crippen molar-refractivity contribution < 1.29 is 19.4 Å². The fourth-order valence-electron chi connectivity index (χ4n) is 3.18. The highest BCUT2D eigenvalue weighted by molar-refractivity contribution is 6.02. The van der Waals surface area contributed by atoms with Crippen LogP contribution in [0.3, 0.4) is 0 Å². The van der Waals surface area contributed by atoms with Crippen LogP contribution in [0.15, 0.2) is 53.3 Å². The second kappa shape index (κ2) is 7.75. The maximum Gasteiger partial charge on any atom is 0.335 e. The highest BCUT2D eigenvalue weighted by atomic mass is 16.5. The number of carboxylic acids is 1. The number of fused-ring (bicyclic) bond motifs is 1. The van der Waals surface area contributed by atoms with Crippen molar-refractivity contribution in [2.24, 2.45) is 5.73 Å². The largest absolute Gasteiger partial charge is 0.494 e. The highest BCUT2D eigenvalue weighted by Crippen LogP contribution is 2.24. The molecule has 0 aliphatic carbocycles. The first-order valence-corrected chi connectivity index (χ1v) is 9.28. The molecule has 0 fully saturated rings. The summed E-state index contributed by atoms with van der Waals surface area (Å²) < 4.78 is 6.60. The quantitative estimate of drug-likeness (QED) is 0.432. The average molecular weight is 419 g/mol. The van der Waals surface area contributed by atoms with Crippen molar-refractivity contribution in [1.82, 2.24) is 19.5 Å². The van der Waals surface area contributed by atoms with Gasteiger partial charge in [-0.3, -0.25) is 4.79 Å². The lowest BCUT2D eigenvalue weighted by molar-refractivity contribution is 0.0696. The second-order valence-electron chi connectivity index (χ2n) is 6.54. The average Bonchev–Trinajstić information content (AvgIpc) is 3.09. The van der Waals surface area contributed by atoms with Gasteiger partial charge in [0, 0.05) is 5.56 Å². The number of nitrogens with two attached hydrogens (primary N) is 1. The van der Waals surface area contributed by atoms with Crippen molar-refractivity contribution in [2.75, 3.05) is 6.61 Å². The number of nitrogens with zero attached hydrogens (tertiary/aromatic N) is 3. The number of aromatic carboxylic acids is 1. The lowest BCUT2D eigenvalue weighted by Gasteiger charge is -2.08. The van der Waals surface area contributed by atoms with Crippen molar-refractivity contribution in [1.29, 1.82) is 0 Å². The lowest BCUT2D eigenvalue weighted by atomic mass is 10.2. The van der Waals surface area contributed by atoms with Gasteiger partial charge in [-0.15, -0.1) is 0 Å². The number of imidazole rings is 1. The third-order valence-electron chi connectivity index (χ3n) is 4.54. The van der Waals surface area contributed by atoms with E-state index in [9.17, 15) is 19.5 Å². The Morgan fingerprint density at radius 1 is 1.16 bits per heavy atom. The number of amides is 1. The molecule has 0 aliphatic rings. The number of aromatic amines is 1. The molecule has 4 N–H and O–H groups in total. The molecule has 0 bridgehead atoms. The van der Waals surface area contributed by atoms with Crippen LogP contribution in [0.5, 0.6) is 5.75 Å². The Balaban J connectivity index is 1.96. The van der Waals surface area contributed by atoms with Crippen molar-refractivity contribution in [2.45, 2.75) is 6.92 Å². The van der Waals surface area contributed by atoms with Crippen LogP contribution in [-0.2, 0) is 0 Å². The number of primary amides is 1. The maximum atomic E-state index is 12.7. The zero-order chi connectivity index (χ0) is 22.1. The maximum absolute atomic E-state index is 12.7. The molecule has 0 atom stereocenters. The van der Waals surface area contributed by atoms with Gasteiger partial charge < -0.3 is 20.6 Å². The number of carboxylic acid groups (broad SMARTS) is 1. The minimum Gasteiger partial charge on any atom is -0.494 e. The van der Waals surface area contributed by atoms with Crippen LogP contribution in [0.1, 0.15) is 27.8 Å². The molecule has 31 heavy (non-hydrogen) atoms. The first kappa shape index (κ1) is 19.8. The van der Waals surface area contributed by atoms with E-state index in [0.717, 1.165) is 0 Å². The van der Waals surface area contributed by atoms with Gasteiger partial charge >= 0.3 is 11.7 Å². The van der Waals surface area contributed by atoms with Crippen LogP contribution in [-0.4, -0.2) is 43.1 Å². The normalized spacial score (nSPS) is 10.9. The van der Waals surface area contributed by atoms with Gasteiger partial charge in [0.15, 0.2) is 17.2 Å². The molecule has 2 heterocycles. The molecule has 2 aromatic heterocycles. The number of hydrogen-bond donors (Lipinski definition) is 3. The summed E-state index contributed by atoms with van der Waals surface area (Å²) in [6.45, 7) is 2.38. The fraction of sp³-hybridized carbons (Fsp3) is 0.0952. The van der Waals surface area contributed by atoms with Crippen LogP contribution >= 0.6 is 0 Å². The van der Waals surface area contributed by atoms with E-state index < -0.39 is 17.6 Å². The molecule has 0 aliphatic heterocycles. The minimum atomic E-state index is -1.14. The molecule has 1 amide bonds. The summed E-state index contributed by atoms with van der Waals surface area (Å²) in [4.78, 5) is 47.3. The Kier molecular flexibility index (Phi) is 4.96. The minimum absolute atomic E-state index is 0.00494. The van der Waals surface area contributed by atoms with Crippen LogP contribution in [0.2, 0.25) is 0 Å². The monoisotopic (exact) mass is 419 g/mol. The Hall–Kier alpha value is -4.47. The number of rotatable bonds is 6. The molecule has 0 radical (unpaired) electrons. The van der Waals surface area contributed by atoms with Gasteiger partial charge in [0.05, 0.1) is 17.9 Å². The van der Waals surface area contributed by atoms with E-state index in [-0.39, 0.29) is 33.9 Å². The molecule has 0 saturated carbocycles. The number of hydrogen-bond acceptors (Lipinski definition) is 6. The molecule has 156 valence electrons. The second-order valence-corrected chi connectivity index (χ2v) is 6.54. The summed E-state index contributed by atoms with van der Waals surface area (Å²) in [5, 5.41) is 9.27. The Morgan fingerprint density at radius 3 is 2.55 bits per heavy atom. The molecule has 10 heteroatoms. The summed E-state index contributed by atoms with van der Waals surface area (Å²) >= 11 is 0. The highest BCUT2D eigenvalue weighted by Gasteiger charge is 2.20. The van der Waals surface area contributed by atoms with E-state index in [1.165, 1.54) is 22.8 Å². The molecular weight excluding hydrogens is 402 g/mol. The van der Waals surface area contributed by atoms with Crippen molar-refractivity contribution in [3.63, 3.8) is 0 Å². The van der Waals surface area contributed by atoms with Gasteiger partial charge in [-0.2, -0.15) is 0 Å². The van der Waals surface area contributed by atoms with Crippen molar-refractivity contribution in [3.8, 4) is 22.8 Å². The number of aromatic nitrogens is 4. The first-order valence-electron chi connectivity index (χ1n) is 9.28. The van der Waals surface area contributed by atoms with Gasteiger partial charge in [0.2, 0.25) is 0 Å². The molecule has 0 saturated heterocycles. The molecule has 0 unspecified atom stereocenters. The Labute approximate surface area is 174 Å². The standard InChI is InChI=1S/C21H17N5O5/c1-2-31-14-8-6-11(7-9-14)18-23-15(17(22)27)16-19(25-18)26(21(30)24-16)13-5-3-4-12(10-13)20(28)29/h3-10H,2H2,1H3,(H2,22,27)(H,24,30)(H,28,29). The van der Waals surface area contributed by atoms with E-state index in [1.807, 2.05) is 6.92 Å². The zero-order valence-corrected chi connectivity index (χ0v) is 16.3. The summed E-state index contributed by atoms with van der Waals surface area (Å²) in [7, 11) is 0. The predicted octanol–water partition coefficient (Wildman–Crippen LogP) is 1.97. The first-order chi connectivity index (χ1) is 14.9. The number of benzene rings is 2. The summed E-state index contributed by atoms with van der Waals surface area (Å²) in [5.41, 5.74) is 5.73. The number of carbonyl (C=O) groups is 2. The van der Waals surface area contributed by atoms with Crippen LogP contribution in [0.4, 0.5) is 0 Å². The smallest absolute Gasteiger partial charge is 0.335 e. The van der Waals surface area contributed by atoms with E-state index in [2.05, 4.69) is 15.0 Å². The van der Waals surface area contributed by atoms with Crippen LogP contribution < -0.4 is 16.2 Å². The number of H-pyrrole nitrogens is 1. The lowest BCUT2D eigenvalue weighted by Crippen LogP contribution is -2.15. The summed E-state index contributed by atoms with van der Waals surface area (Å²) in [6.07, 6.45) is 0. The van der Waals surface area contributed by atoms with Crippen LogP contribution in [0, 0.1) is 0 Å². The fourth-order valence-corrected chi connectivity index (χ4v) is 3.18. The number of ether oxygens (including phenoxy) is 1. The summed E-state index contributed by atoms with van der Waals surface area (Å²) in [5.74, 6) is -1.15. The van der Waals surface area contributed by atoms with Crippen molar-refractivity contribution in [3.05, 3.63) is 70.3 Å². The van der Waals surface area contributed by atoms with Gasteiger partial charge in [-0.25, -0.2) is 24.1 Å². The van der Waals surface area contributed by atoms with E-state index in [4.69, 9.17) is 10.5 Å². The Bertz CT molecular complexity index is 1370. The zero-order valence-electron chi connectivity index (χ0n) is 16.3. The van der Waals surface area contributed by atoms with E-state index >= 15 is 0 Å². The SMILES string of the molecule is CCOc1ccc(-c2nc(C(N)=O)c3[nH]c(=O)n(-c4cccc(C(=O)O)c4)c3n2)cc1. The van der Waals surface area contributed by atoms with Gasteiger partial charge in [0.1, 0.15) is 11.3 Å². The number of nitrogens with one attached hydrogen (secondary N) is 1. The molecule has 2 aromatic carbocycles. The van der Waals surface area contributed by atoms with Gasteiger partial charge in [-0.1, -0.05) is 6.07 Å². The van der Waals surface area contributed by atoms with Gasteiger partial charge in [-0.05, 0) is 49.4 Å². The molecule has 0 spiro atoms. The Morgan fingerprint density at radius 2 is 1.90 bits per heavy atom. The van der Waals surface area contributed by atoms with Crippen LogP contribution in [0.25, 0.3) is 28.2 Å². The number of carbonyl (C=O) groups excluding carboxylic acids is 1. The van der Waals surface area contributed by atoms with Crippen molar-refractivity contribution >= 4 is 23.0 Å². The molecule has 4 rings (SSSR count). The third kappa shape index (κ3) is 3.62. The third-order valence-corrected chi connectivity index (χ3v) is 4.54. The molecule has 10 nitrogen and oxygen atoms in total. The predicted molar refractivity (Wildman–Crippen MR) is 112 cm³/mol. The van der Waals surface area contributed by atoms with E-state index in [1.54, 1.807) is 30.3 Å². The molecular formula is C21H17N5O5. The summed E-state index contributed by atoms with van der Waals surface area (Å²) in [6, 6.07) is 12.7. The van der Waals surface area contributed by atoms with E-state index in [0.29, 0.717) is 17.9 Å². The van der Waals surface area contributed by atoms with Gasteiger partial charge in [0.25, 0.3) is 5.91 Å². The topological polar surface area (TPSA) is 153 Å².